The second-order valence-corrected chi connectivity index (χ2v) is 8.44. The molecule has 3 rings (SSSR count). The van der Waals surface area contributed by atoms with Crippen molar-refractivity contribution in [2.45, 2.75) is 64.6 Å². The zero-order valence-electron chi connectivity index (χ0n) is 17.6. The average molecular weight is 387 g/mol. The van der Waals surface area contributed by atoms with E-state index in [0.717, 1.165) is 50.3 Å². The molecule has 1 aliphatic carbocycles. The van der Waals surface area contributed by atoms with Crippen molar-refractivity contribution < 1.29 is 9.59 Å². The topological polar surface area (TPSA) is 64.7 Å². The number of nitrogens with zero attached hydrogens (tertiary/aromatic N) is 2. The fourth-order valence-electron chi connectivity index (χ4n) is 3.74. The molecule has 28 heavy (non-hydrogen) atoms. The summed E-state index contributed by atoms with van der Waals surface area (Å²) >= 11 is 0. The lowest BCUT2D eigenvalue weighted by atomic mass is 10.0. The molecule has 2 aliphatic rings. The van der Waals surface area contributed by atoms with Gasteiger partial charge in [0.05, 0.1) is 12.1 Å². The second-order valence-electron chi connectivity index (χ2n) is 8.44. The normalized spacial score (nSPS) is 20.6. The van der Waals surface area contributed by atoms with Gasteiger partial charge in [-0.3, -0.25) is 19.4 Å². The van der Waals surface area contributed by atoms with Crippen LogP contribution in [0.5, 0.6) is 0 Å². The predicted molar refractivity (Wildman–Crippen MR) is 112 cm³/mol. The van der Waals surface area contributed by atoms with Gasteiger partial charge in [0.25, 0.3) is 0 Å². The predicted octanol–water partition coefficient (Wildman–Crippen LogP) is 2.42. The van der Waals surface area contributed by atoms with E-state index in [1.54, 1.807) is 0 Å². The standard InChI is InChI=1S/C22H34N4O2/c1-15(2)19-7-5-6-8-20(19)24-22(28)17(4)26-13-11-25(12-14-26)16(3)21(27)23-18-9-10-18/h5-8,15-18H,9-14H2,1-4H3,(H,23,27)(H,24,28). The van der Waals surface area contributed by atoms with Crippen molar-refractivity contribution in [3.05, 3.63) is 29.8 Å². The molecule has 0 spiro atoms. The molecular weight excluding hydrogens is 352 g/mol. The Hall–Kier alpha value is -1.92. The Morgan fingerprint density at radius 3 is 1.96 bits per heavy atom. The third-order valence-corrected chi connectivity index (χ3v) is 5.97. The van der Waals surface area contributed by atoms with E-state index in [9.17, 15) is 9.59 Å². The highest BCUT2D eigenvalue weighted by atomic mass is 16.2. The second kappa shape index (κ2) is 9.05. The van der Waals surface area contributed by atoms with Crippen LogP contribution < -0.4 is 10.6 Å². The lowest BCUT2D eigenvalue weighted by Crippen LogP contribution is -2.57. The first kappa shape index (κ1) is 20.8. The first-order chi connectivity index (χ1) is 13.4. The Bertz CT molecular complexity index is 694. The summed E-state index contributed by atoms with van der Waals surface area (Å²) in [7, 11) is 0. The molecular formula is C22H34N4O2. The van der Waals surface area contributed by atoms with Crippen molar-refractivity contribution in [2.75, 3.05) is 31.5 Å². The Balaban J connectivity index is 1.51. The van der Waals surface area contributed by atoms with E-state index in [1.807, 2.05) is 32.0 Å². The molecule has 1 aliphatic heterocycles. The van der Waals surface area contributed by atoms with Crippen LogP contribution >= 0.6 is 0 Å². The van der Waals surface area contributed by atoms with Crippen LogP contribution in [0.2, 0.25) is 0 Å². The van der Waals surface area contributed by atoms with Crippen LogP contribution in [0.1, 0.15) is 52.0 Å². The number of carbonyl (C=O) groups excluding carboxylic acids is 2. The number of para-hydroxylation sites is 1. The molecule has 0 bridgehead atoms. The lowest BCUT2D eigenvalue weighted by Gasteiger charge is -2.39. The van der Waals surface area contributed by atoms with E-state index in [4.69, 9.17) is 0 Å². The molecule has 0 radical (unpaired) electrons. The summed E-state index contributed by atoms with van der Waals surface area (Å²) in [6.07, 6.45) is 2.22. The number of hydrogen-bond donors (Lipinski definition) is 2. The molecule has 1 heterocycles. The van der Waals surface area contributed by atoms with E-state index in [1.165, 1.54) is 0 Å². The van der Waals surface area contributed by atoms with Crippen LogP contribution in [0.4, 0.5) is 5.69 Å². The maximum absolute atomic E-state index is 12.8. The SMILES string of the molecule is CC(C)c1ccccc1NC(=O)C(C)N1CCN(C(C)C(=O)NC2CC2)CC1. The summed E-state index contributed by atoms with van der Waals surface area (Å²) in [5.74, 6) is 0.520. The quantitative estimate of drug-likeness (QED) is 0.755. The van der Waals surface area contributed by atoms with Gasteiger partial charge in [0.1, 0.15) is 0 Å². The largest absolute Gasteiger partial charge is 0.352 e. The third kappa shape index (κ3) is 5.11. The Labute approximate surface area is 168 Å². The van der Waals surface area contributed by atoms with Gasteiger partial charge >= 0.3 is 0 Å². The highest BCUT2D eigenvalue weighted by molar-refractivity contribution is 5.95. The summed E-state index contributed by atoms with van der Waals surface area (Å²) in [5, 5.41) is 6.20. The van der Waals surface area contributed by atoms with E-state index in [-0.39, 0.29) is 23.9 Å². The molecule has 2 amide bonds. The van der Waals surface area contributed by atoms with Crippen LogP contribution in [0.25, 0.3) is 0 Å². The van der Waals surface area contributed by atoms with Gasteiger partial charge in [0, 0.05) is 37.9 Å². The van der Waals surface area contributed by atoms with Crippen molar-refractivity contribution >= 4 is 17.5 Å². The zero-order valence-corrected chi connectivity index (χ0v) is 17.6. The van der Waals surface area contributed by atoms with Crippen molar-refractivity contribution in [3.63, 3.8) is 0 Å². The molecule has 6 heteroatoms. The summed E-state index contributed by atoms with van der Waals surface area (Å²) < 4.78 is 0. The Morgan fingerprint density at radius 2 is 1.43 bits per heavy atom. The average Bonchev–Trinajstić information content (AvgIpc) is 3.51. The minimum Gasteiger partial charge on any atom is -0.352 e. The fraction of sp³-hybridized carbons (Fsp3) is 0.636. The third-order valence-electron chi connectivity index (χ3n) is 5.97. The summed E-state index contributed by atoms with van der Waals surface area (Å²) in [6.45, 7) is 11.4. The molecule has 6 nitrogen and oxygen atoms in total. The van der Waals surface area contributed by atoms with Gasteiger partial charge in [-0.05, 0) is 44.2 Å². The molecule has 1 aromatic carbocycles. The summed E-state index contributed by atoms with van der Waals surface area (Å²) in [5.41, 5.74) is 2.06. The van der Waals surface area contributed by atoms with Gasteiger partial charge in [-0.15, -0.1) is 0 Å². The van der Waals surface area contributed by atoms with Gasteiger partial charge in [-0.2, -0.15) is 0 Å². The van der Waals surface area contributed by atoms with Crippen molar-refractivity contribution in [2.24, 2.45) is 0 Å². The van der Waals surface area contributed by atoms with Crippen LogP contribution in [-0.4, -0.2) is 65.9 Å². The van der Waals surface area contributed by atoms with Crippen LogP contribution in [0.15, 0.2) is 24.3 Å². The number of anilines is 1. The van der Waals surface area contributed by atoms with E-state index < -0.39 is 0 Å². The maximum atomic E-state index is 12.8. The zero-order chi connectivity index (χ0) is 20.3. The smallest absolute Gasteiger partial charge is 0.241 e. The number of rotatable bonds is 7. The number of hydrogen-bond acceptors (Lipinski definition) is 4. The van der Waals surface area contributed by atoms with Crippen molar-refractivity contribution in [1.29, 1.82) is 0 Å². The number of nitrogens with one attached hydrogen (secondary N) is 2. The van der Waals surface area contributed by atoms with Crippen LogP contribution in [-0.2, 0) is 9.59 Å². The highest BCUT2D eigenvalue weighted by Crippen LogP contribution is 2.24. The van der Waals surface area contributed by atoms with Gasteiger partial charge in [0.2, 0.25) is 11.8 Å². The molecule has 2 unspecified atom stereocenters. The van der Waals surface area contributed by atoms with Gasteiger partial charge in [0.15, 0.2) is 0 Å². The first-order valence-electron chi connectivity index (χ1n) is 10.5. The molecule has 0 aromatic heterocycles. The minimum atomic E-state index is -0.196. The van der Waals surface area contributed by atoms with Crippen molar-refractivity contribution in [1.82, 2.24) is 15.1 Å². The molecule has 1 aromatic rings. The van der Waals surface area contributed by atoms with Crippen molar-refractivity contribution in [3.8, 4) is 0 Å². The van der Waals surface area contributed by atoms with Gasteiger partial charge in [-0.25, -0.2) is 0 Å². The number of amides is 2. The summed E-state index contributed by atoms with van der Waals surface area (Å²) in [4.78, 5) is 29.5. The lowest BCUT2D eigenvalue weighted by molar-refractivity contribution is -0.128. The Morgan fingerprint density at radius 1 is 0.893 bits per heavy atom. The number of piperazine rings is 1. The number of benzene rings is 1. The molecule has 2 N–H and O–H groups in total. The maximum Gasteiger partial charge on any atom is 0.241 e. The minimum absolute atomic E-state index is 0.0288. The first-order valence-corrected chi connectivity index (χ1v) is 10.5. The monoisotopic (exact) mass is 386 g/mol. The molecule has 154 valence electrons. The van der Waals surface area contributed by atoms with E-state index in [0.29, 0.717) is 12.0 Å². The van der Waals surface area contributed by atoms with Crippen LogP contribution in [0, 0.1) is 0 Å². The Kier molecular flexibility index (Phi) is 6.73. The molecule has 1 saturated heterocycles. The summed E-state index contributed by atoms with van der Waals surface area (Å²) in [6, 6.07) is 8.10. The van der Waals surface area contributed by atoms with Gasteiger partial charge in [-0.1, -0.05) is 32.0 Å². The fourth-order valence-corrected chi connectivity index (χ4v) is 3.74. The molecule has 2 fully saturated rings. The molecule has 1 saturated carbocycles. The van der Waals surface area contributed by atoms with E-state index >= 15 is 0 Å². The van der Waals surface area contributed by atoms with E-state index in [2.05, 4.69) is 40.3 Å². The van der Waals surface area contributed by atoms with Crippen LogP contribution in [0.3, 0.4) is 0 Å². The van der Waals surface area contributed by atoms with Gasteiger partial charge < -0.3 is 10.6 Å². The molecule has 2 atom stereocenters. The highest BCUT2D eigenvalue weighted by Gasteiger charge is 2.32. The number of carbonyl (C=O) groups is 2.